The third-order valence-electron chi connectivity index (χ3n) is 5.65. The van der Waals surface area contributed by atoms with Crippen molar-refractivity contribution in [2.45, 2.75) is 6.42 Å². The molecule has 0 saturated carbocycles. The third kappa shape index (κ3) is 4.84. The van der Waals surface area contributed by atoms with E-state index in [1.165, 1.54) is 12.1 Å². The molecule has 1 fully saturated rings. The highest BCUT2D eigenvalue weighted by molar-refractivity contribution is 5.81. The van der Waals surface area contributed by atoms with Crippen LogP contribution in [-0.2, 0) is 11.2 Å². The summed E-state index contributed by atoms with van der Waals surface area (Å²) >= 11 is 0. The Morgan fingerprint density at radius 3 is 2.34 bits per heavy atom. The zero-order valence-corrected chi connectivity index (χ0v) is 17.6. The Morgan fingerprint density at radius 1 is 1.03 bits per heavy atom. The molecule has 32 heavy (non-hydrogen) atoms. The van der Waals surface area contributed by atoms with Crippen LogP contribution in [0.5, 0.6) is 0 Å². The van der Waals surface area contributed by atoms with Crippen molar-refractivity contribution in [2.75, 3.05) is 39.3 Å². The second-order valence-corrected chi connectivity index (χ2v) is 7.71. The van der Waals surface area contributed by atoms with Crippen LogP contribution in [0, 0.1) is 10.1 Å². The number of hydrogen-bond acceptors (Lipinski definition) is 6. The van der Waals surface area contributed by atoms with Gasteiger partial charge in [0.25, 0.3) is 5.69 Å². The lowest BCUT2D eigenvalue weighted by molar-refractivity contribution is -0.384. The fraction of sp³-hybridized carbons (Fsp3) is 0.304. The summed E-state index contributed by atoms with van der Waals surface area (Å²) in [6, 6.07) is 15.8. The van der Waals surface area contributed by atoms with Crippen LogP contribution < -0.4 is 0 Å². The standard InChI is InChI=1S/C23H25N5O4/c29-15-14-25-10-12-26(13-11-25)22(30)16-19-17-27(20-4-2-1-3-5-20)24-23(19)18-6-8-21(9-7-18)28(31)32/h1-9,17,29H,10-16H2. The number of nitrogens with zero attached hydrogens (tertiary/aromatic N) is 5. The molecule has 0 atom stereocenters. The Labute approximate surface area is 185 Å². The van der Waals surface area contributed by atoms with Crippen LogP contribution >= 0.6 is 0 Å². The minimum absolute atomic E-state index is 0.00891. The van der Waals surface area contributed by atoms with Crippen LogP contribution in [0.2, 0.25) is 0 Å². The molecule has 0 radical (unpaired) electrons. The molecule has 166 valence electrons. The number of β-amino-alcohol motifs (C(OH)–C–C–N with tert-alkyl or cyclic N) is 1. The van der Waals surface area contributed by atoms with Crippen molar-refractivity contribution < 1.29 is 14.8 Å². The van der Waals surface area contributed by atoms with E-state index in [1.807, 2.05) is 41.4 Å². The predicted molar refractivity (Wildman–Crippen MR) is 119 cm³/mol. The molecule has 1 aromatic heterocycles. The highest BCUT2D eigenvalue weighted by Crippen LogP contribution is 2.26. The number of aromatic nitrogens is 2. The van der Waals surface area contributed by atoms with Gasteiger partial charge in [0.1, 0.15) is 0 Å². The molecular weight excluding hydrogens is 410 g/mol. The molecule has 0 aliphatic carbocycles. The van der Waals surface area contributed by atoms with Gasteiger partial charge >= 0.3 is 0 Å². The van der Waals surface area contributed by atoms with Gasteiger partial charge in [-0.25, -0.2) is 4.68 Å². The Bertz CT molecular complexity index is 1070. The lowest BCUT2D eigenvalue weighted by Gasteiger charge is -2.34. The highest BCUT2D eigenvalue weighted by Gasteiger charge is 2.23. The van der Waals surface area contributed by atoms with Gasteiger partial charge in [-0.3, -0.25) is 19.8 Å². The van der Waals surface area contributed by atoms with Crippen molar-refractivity contribution >= 4 is 11.6 Å². The maximum atomic E-state index is 13.0. The van der Waals surface area contributed by atoms with Crippen molar-refractivity contribution in [1.82, 2.24) is 19.6 Å². The van der Waals surface area contributed by atoms with Crippen molar-refractivity contribution in [3.63, 3.8) is 0 Å². The number of carbonyl (C=O) groups excluding carboxylic acids is 1. The largest absolute Gasteiger partial charge is 0.395 e. The minimum Gasteiger partial charge on any atom is -0.395 e. The van der Waals surface area contributed by atoms with E-state index in [1.54, 1.807) is 16.8 Å². The van der Waals surface area contributed by atoms with Crippen molar-refractivity contribution in [2.24, 2.45) is 0 Å². The van der Waals surface area contributed by atoms with Crippen LogP contribution in [0.15, 0.2) is 60.8 Å². The second-order valence-electron chi connectivity index (χ2n) is 7.71. The maximum Gasteiger partial charge on any atom is 0.269 e. The van der Waals surface area contributed by atoms with E-state index in [0.717, 1.165) is 29.9 Å². The Morgan fingerprint density at radius 2 is 1.72 bits per heavy atom. The van der Waals surface area contributed by atoms with E-state index in [-0.39, 0.29) is 24.6 Å². The lowest BCUT2D eigenvalue weighted by atomic mass is 10.0. The number of amides is 1. The first-order chi connectivity index (χ1) is 15.5. The van der Waals surface area contributed by atoms with Crippen LogP contribution in [0.4, 0.5) is 5.69 Å². The Balaban J connectivity index is 1.59. The van der Waals surface area contributed by atoms with Crippen molar-refractivity contribution in [3.05, 3.63) is 76.5 Å². The molecule has 2 aromatic carbocycles. The van der Waals surface area contributed by atoms with E-state index in [4.69, 9.17) is 10.2 Å². The fourth-order valence-electron chi connectivity index (χ4n) is 3.87. The summed E-state index contributed by atoms with van der Waals surface area (Å²) in [6.45, 7) is 3.47. The zero-order valence-electron chi connectivity index (χ0n) is 17.6. The lowest BCUT2D eigenvalue weighted by Crippen LogP contribution is -2.49. The molecule has 9 nitrogen and oxygen atoms in total. The molecule has 1 aliphatic rings. The van der Waals surface area contributed by atoms with Gasteiger partial charge in [-0.1, -0.05) is 18.2 Å². The SMILES string of the molecule is O=C(Cc1cn(-c2ccccc2)nc1-c1ccc([N+](=O)[O-])cc1)N1CCN(CCO)CC1. The molecule has 1 aliphatic heterocycles. The number of carbonyl (C=O) groups is 1. The monoisotopic (exact) mass is 435 g/mol. The molecule has 0 unspecified atom stereocenters. The van der Waals surface area contributed by atoms with Crippen LogP contribution in [0.1, 0.15) is 5.56 Å². The molecule has 0 bridgehead atoms. The first-order valence-corrected chi connectivity index (χ1v) is 10.5. The maximum absolute atomic E-state index is 13.0. The van der Waals surface area contributed by atoms with Gasteiger partial charge < -0.3 is 10.0 Å². The molecule has 9 heteroatoms. The summed E-state index contributed by atoms with van der Waals surface area (Å²) in [7, 11) is 0. The highest BCUT2D eigenvalue weighted by atomic mass is 16.6. The molecule has 1 N–H and O–H groups in total. The smallest absolute Gasteiger partial charge is 0.269 e. The van der Waals surface area contributed by atoms with Gasteiger partial charge in [-0.2, -0.15) is 5.10 Å². The average Bonchev–Trinajstić information content (AvgIpc) is 3.24. The Kier molecular flexibility index (Phi) is 6.58. The number of aliphatic hydroxyl groups is 1. The molecule has 4 rings (SSSR count). The number of nitro groups is 1. The molecule has 3 aromatic rings. The van der Waals surface area contributed by atoms with Crippen molar-refractivity contribution in [3.8, 4) is 16.9 Å². The number of non-ortho nitro benzene ring substituents is 1. The first-order valence-electron chi connectivity index (χ1n) is 10.5. The third-order valence-corrected chi connectivity index (χ3v) is 5.65. The number of rotatable bonds is 7. The number of aliphatic hydroxyl groups excluding tert-OH is 1. The second kappa shape index (κ2) is 9.71. The van der Waals surface area contributed by atoms with E-state index < -0.39 is 4.92 Å². The molecular formula is C23H25N5O4. The van der Waals surface area contributed by atoms with Crippen LogP contribution in [0.3, 0.4) is 0 Å². The van der Waals surface area contributed by atoms with Gasteiger partial charge in [-0.15, -0.1) is 0 Å². The number of nitro benzene ring substituents is 1. The minimum atomic E-state index is -0.437. The quantitative estimate of drug-likeness (QED) is 0.450. The first kappa shape index (κ1) is 21.7. The van der Waals surface area contributed by atoms with E-state index in [2.05, 4.69) is 4.90 Å². The summed E-state index contributed by atoms with van der Waals surface area (Å²) < 4.78 is 1.73. The summed E-state index contributed by atoms with van der Waals surface area (Å²) in [5.41, 5.74) is 3.00. The van der Waals surface area contributed by atoms with Gasteiger partial charge in [0.2, 0.25) is 5.91 Å². The molecule has 0 spiro atoms. The summed E-state index contributed by atoms with van der Waals surface area (Å²) in [4.78, 5) is 27.6. The topological polar surface area (TPSA) is 105 Å². The normalized spacial score (nSPS) is 14.5. The zero-order chi connectivity index (χ0) is 22.5. The van der Waals surface area contributed by atoms with Gasteiger partial charge in [0.05, 0.1) is 29.3 Å². The van der Waals surface area contributed by atoms with Gasteiger partial charge in [0, 0.05) is 62.2 Å². The Hall–Kier alpha value is -3.56. The van der Waals surface area contributed by atoms with Crippen LogP contribution in [0.25, 0.3) is 16.9 Å². The number of benzene rings is 2. The molecule has 1 saturated heterocycles. The number of piperazine rings is 1. The number of hydrogen-bond donors (Lipinski definition) is 1. The van der Waals surface area contributed by atoms with Crippen LogP contribution in [-0.4, -0.2) is 74.8 Å². The number of para-hydroxylation sites is 1. The van der Waals surface area contributed by atoms with E-state index >= 15 is 0 Å². The molecule has 2 heterocycles. The summed E-state index contributed by atoms with van der Waals surface area (Å²) in [5.74, 6) is 0.0180. The predicted octanol–water partition coefficient (Wildman–Crippen LogP) is 2.13. The average molecular weight is 435 g/mol. The van der Waals surface area contributed by atoms with E-state index in [9.17, 15) is 14.9 Å². The summed E-state index contributed by atoms with van der Waals surface area (Å²) in [5, 5.41) is 24.8. The molecule has 1 amide bonds. The van der Waals surface area contributed by atoms with Gasteiger partial charge in [0.15, 0.2) is 0 Å². The summed E-state index contributed by atoms with van der Waals surface area (Å²) in [6.07, 6.45) is 2.05. The van der Waals surface area contributed by atoms with E-state index in [0.29, 0.717) is 25.3 Å². The van der Waals surface area contributed by atoms with Gasteiger partial charge in [-0.05, 0) is 24.3 Å². The fourth-order valence-corrected chi connectivity index (χ4v) is 3.87. The van der Waals surface area contributed by atoms with Crippen molar-refractivity contribution in [1.29, 1.82) is 0 Å².